The molecule has 0 radical (unpaired) electrons. The molecule has 1 unspecified atom stereocenters. The standard InChI is InChI=1S/C22H27N5O3S/c1-14(2)10-24-22(30)27-17-6-9-31-19(17)21(29)26-11-15(3)20(28)25(13-18(26)27)12-16-4-7-23-8-5-16/h4-9,14-15,18H,10-13H2,1-3H3,(H,24,30)/t15-,18?/m1/s1. The molecular weight excluding hydrogens is 414 g/mol. The van der Waals surface area contributed by atoms with Gasteiger partial charge in [-0.15, -0.1) is 11.3 Å². The minimum Gasteiger partial charge on any atom is -0.337 e. The molecule has 1 N–H and O–H groups in total. The topological polar surface area (TPSA) is 85.8 Å². The number of nitrogens with zero attached hydrogens (tertiary/aromatic N) is 4. The van der Waals surface area contributed by atoms with Crippen molar-refractivity contribution in [3.8, 4) is 0 Å². The van der Waals surface area contributed by atoms with Crippen molar-refractivity contribution in [1.82, 2.24) is 20.1 Å². The highest BCUT2D eigenvalue weighted by molar-refractivity contribution is 7.12. The van der Waals surface area contributed by atoms with Gasteiger partial charge in [0.1, 0.15) is 11.0 Å². The van der Waals surface area contributed by atoms with Gasteiger partial charge in [-0.05, 0) is 35.1 Å². The Morgan fingerprint density at radius 2 is 1.97 bits per heavy atom. The maximum atomic E-state index is 13.3. The van der Waals surface area contributed by atoms with Crippen molar-refractivity contribution in [2.75, 3.05) is 24.5 Å². The summed E-state index contributed by atoms with van der Waals surface area (Å²) in [6.07, 6.45) is 2.83. The number of hydrogen-bond donors (Lipinski definition) is 1. The van der Waals surface area contributed by atoms with Crippen LogP contribution in [0.4, 0.5) is 10.5 Å². The van der Waals surface area contributed by atoms with Crippen molar-refractivity contribution in [2.45, 2.75) is 33.5 Å². The number of anilines is 1. The fourth-order valence-corrected chi connectivity index (χ4v) is 4.89. The smallest absolute Gasteiger partial charge is 0.323 e. The second kappa shape index (κ2) is 8.66. The van der Waals surface area contributed by atoms with E-state index in [4.69, 9.17) is 0 Å². The lowest BCUT2D eigenvalue weighted by Gasteiger charge is -2.43. The number of carbonyl (C=O) groups is 3. The molecule has 2 aromatic heterocycles. The fraction of sp³-hybridized carbons (Fsp3) is 0.455. The summed E-state index contributed by atoms with van der Waals surface area (Å²) in [7, 11) is 0. The van der Waals surface area contributed by atoms with Crippen LogP contribution in [0.5, 0.6) is 0 Å². The van der Waals surface area contributed by atoms with E-state index in [0.29, 0.717) is 29.6 Å². The van der Waals surface area contributed by atoms with E-state index < -0.39 is 6.17 Å². The number of amides is 4. The minimum absolute atomic E-state index is 0.0232. The zero-order valence-electron chi connectivity index (χ0n) is 17.9. The van der Waals surface area contributed by atoms with Gasteiger partial charge in [0.25, 0.3) is 5.91 Å². The molecule has 164 valence electrons. The van der Waals surface area contributed by atoms with Gasteiger partial charge in [0.05, 0.1) is 18.2 Å². The van der Waals surface area contributed by atoms with Crippen molar-refractivity contribution >= 4 is 34.9 Å². The van der Waals surface area contributed by atoms with Gasteiger partial charge < -0.3 is 15.1 Å². The van der Waals surface area contributed by atoms with Crippen LogP contribution in [0.2, 0.25) is 0 Å². The molecule has 2 atom stereocenters. The van der Waals surface area contributed by atoms with E-state index >= 15 is 0 Å². The number of thiophene rings is 1. The molecular formula is C22H27N5O3S. The normalized spacial score (nSPS) is 21.1. The number of urea groups is 1. The van der Waals surface area contributed by atoms with Crippen LogP contribution >= 0.6 is 11.3 Å². The molecule has 1 saturated heterocycles. The first-order valence-electron chi connectivity index (χ1n) is 10.5. The lowest BCUT2D eigenvalue weighted by Crippen LogP contribution is -2.62. The van der Waals surface area contributed by atoms with Crippen molar-refractivity contribution in [3.63, 3.8) is 0 Å². The molecule has 9 heteroatoms. The molecule has 0 bridgehead atoms. The minimum atomic E-state index is -0.558. The Morgan fingerprint density at radius 3 is 2.68 bits per heavy atom. The van der Waals surface area contributed by atoms with Crippen molar-refractivity contribution < 1.29 is 14.4 Å². The molecule has 4 amide bonds. The van der Waals surface area contributed by atoms with E-state index in [-0.39, 0.29) is 36.9 Å². The second-order valence-corrected chi connectivity index (χ2v) is 9.41. The summed E-state index contributed by atoms with van der Waals surface area (Å²) in [5.74, 6) is -0.205. The third-order valence-electron chi connectivity index (χ3n) is 5.61. The summed E-state index contributed by atoms with van der Waals surface area (Å²) in [6, 6.07) is 5.31. The summed E-state index contributed by atoms with van der Waals surface area (Å²) in [5, 5.41) is 4.81. The molecule has 0 saturated carbocycles. The van der Waals surface area contributed by atoms with Gasteiger partial charge in [0.15, 0.2) is 0 Å². The predicted molar refractivity (Wildman–Crippen MR) is 119 cm³/mol. The Bertz CT molecular complexity index is 977. The van der Waals surface area contributed by atoms with Gasteiger partial charge in [-0.2, -0.15) is 0 Å². The highest BCUT2D eigenvalue weighted by Crippen LogP contribution is 2.37. The number of fused-ring (bicyclic) bond motifs is 2. The maximum absolute atomic E-state index is 13.3. The van der Waals surface area contributed by atoms with Gasteiger partial charge in [-0.3, -0.25) is 19.5 Å². The molecule has 0 aliphatic carbocycles. The van der Waals surface area contributed by atoms with Crippen LogP contribution < -0.4 is 10.2 Å². The van der Waals surface area contributed by atoms with E-state index in [2.05, 4.69) is 10.3 Å². The predicted octanol–water partition coefficient (Wildman–Crippen LogP) is 2.78. The lowest BCUT2D eigenvalue weighted by molar-refractivity contribution is -0.134. The van der Waals surface area contributed by atoms with Crippen LogP contribution in [-0.2, 0) is 11.3 Å². The number of nitrogens with one attached hydrogen (secondary N) is 1. The highest BCUT2D eigenvalue weighted by Gasteiger charge is 2.46. The van der Waals surface area contributed by atoms with Crippen LogP contribution in [0.1, 0.15) is 36.0 Å². The first-order valence-corrected chi connectivity index (χ1v) is 11.4. The molecule has 31 heavy (non-hydrogen) atoms. The van der Waals surface area contributed by atoms with Crippen molar-refractivity contribution in [1.29, 1.82) is 0 Å². The van der Waals surface area contributed by atoms with Crippen molar-refractivity contribution in [3.05, 3.63) is 46.4 Å². The Hall–Kier alpha value is -2.94. The van der Waals surface area contributed by atoms with Crippen LogP contribution in [-0.4, -0.2) is 58.4 Å². The van der Waals surface area contributed by atoms with Crippen molar-refractivity contribution in [2.24, 2.45) is 11.8 Å². The molecule has 2 aliphatic rings. The molecule has 4 rings (SSSR count). The number of aromatic nitrogens is 1. The number of carbonyl (C=O) groups excluding carboxylic acids is 3. The third kappa shape index (κ3) is 4.14. The molecule has 2 aliphatic heterocycles. The van der Waals surface area contributed by atoms with Crippen LogP contribution in [0.25, 0.3) is 0 Å². The lowest BCUT2D eigenvalue weighted by atomic mass is 10.1. The molecule has 1 fully saturated rings. The van der Waals surface area contributed by atoms with Gasteiger partial charge in [0.2, 0.25) is 5.91 Å². The number of pyridine rings is 1. The molecule has 4 heterocycles. The third-order valence-corrected chi connectivity index (χ3v) is 6.50. The first-order chi connectivity index (χ1) is 14.9. The summed E-state index contributed by atoms with van der Waals surface area (Å²) in [5.41, 5.74) is 1.57. The Balaban J connectivity index is 1.70. The summed E-state index contributed by atoms with van der Waals surface area (Å²) >= 11 is 1.33. The van der Waals surface area contributed by atoms with Gasteiger partial charge >= 0.3 is 6.03 Å². The number of hydrogen-bond acceptors (Lipinski definition) is 5. The molecule has 0 aromatic carbocycles. The van der Waals surface area contributed by atoms with Crippen LogP contribution in [0.15, 0.2) is 36.0 Å². The Kier molecular flexibility index (Phi) is 5.95. The molecule has 2 aromatic rings. The highest BCUT2D eigenvalue weighted by atomic mass is 32.1. The monoisotopic (exact) mass is 441 g/mol. The van der Waals surface area contributed by atoms with E-state index in [1.165, 1.54) is 11.3 Å². The Morgan fingerprint density at radius 1 is 1.23 bits per heavy atom. The summed E-state index contributed by atoms with van der Waals surface area (Å²) in [4.78, 5) is 49.3. The van der Waals surface area contributed by atoms with Crippen LogP contribution in [0, 0.1) is 11.8 Å². The summed E-state index contributed by atoms with van der Waals surface area (Å²) in [6.45, 7) is 7.37. The first kappa shape index (κ1) is 21.3. The quantitative estimate of drug-likeness (QED) is 0.791. The zero-order valence-corrected chi connectivity index (χ0v) is 18.8. The van der Waals surface area contributed by atoms with E-state index in [1.54, 1.807) is 27.1 Å². The summed E-state index contributed by atoms with van der Waals surface area (Å²) < 4.78 is 0. The average molecular weight is 442 g/mol. The maximum Gasteiger partial charge on any atom is 0.323 e. The van der Waals surface area contributed by atoms with Gasteiger partial charge in [-0.1, -0.05) is 20.8 Å². The average Bonchev–Trinajstić information content (AvgIpc) is 3.20. The van der Waals surface area contributed by atoms with E-state index in [9.17, 15) is 14.4 Å². The fourth-order valence-electron chi connectivity index (χ4n) is 4.05. The molecule has 8 nitrogen and oxygen atoms in total. The number of rotatable bonds is 4. The zero-order chi connectivity index (χ0) is 22.1. The van der Waals surface area contributed by atoms with Gasteiger partial charge in [0, 0.05) is 32.0 Å². The van der Waals surface area contributed by atoms with Crippen LogP contribution in [0.3, 0.4) is 0 Å². The second-order valence-electron chi connectivity index (χ2n) is 8.50. The van der Waals surface area contributed by atoms with Gasteiger partial charge in [-0.25, -0.2) is 4.79 Å². The van der Waals surface area contributed by atoms with E-state index in [0.717, 1.165) is 5.56 Å². The Labute approximate surface area is 185 Å². The van der Waals surface area contributed by atoms with E-state index in [1.807, 2.05) is 44.4 Å². The SMILES string of the molecule is CC(C)CNC(=O)N1c2ccsc2C(=O)N2C[C@@H](C)C(=O)N(Cc3ccncc3)CC21. The molecule has 0 spiro atoms. The largest absolute Gasteiger partial charge is 0.337 e.